The molecule has 0 unspecified atom stereocenters. The van der Waals surface area contributed by atoms with Crippen LogP contribution in [0.25, 0.3) is 0 Å². The lowest BCUT2D eigenvalue weighted by atomic mass is 9.95. The zero-order valence-corrected chi connectivity index (χ0v) is 21.4. The third kappa shape index (κ3) is 6.35. The average molecular weight is 504 g/mol. The molecule has 1 amide bonds. The van der Waals surface area contributed by atoms with Crippen LogP contribution in [0.1, 0.15) is 63.5 Å². The average Bonchev–Trinajstić information content (AvgIpc) is 3.07. The number of unbranched alkanes of at least 4 members (excludes halogenated alkanes) is 1. The van der Waals surface area contributed by atoms with Gasteiger partial charge in [0.1, 0.15) is 17.3 Å². The van der Waals surface area contributed by atoms with E-state index in [0.29, 0.717) is 31.9 Å². The fraction of sp³-hybridized carbons (Fsp3) is 0.593. The van der Waals surface area contributed by atoms with Crippen LogP contribution in [-0.2, 0) is 22.8 Å². The smallest absolute Gasteiger partial charge is 0.355 e. The molecule has 0 radical (unpaired) electrons. The number of hydrogen-bond donors (Lipinski definition) is 0. The number of aromatic nitrogens is 2. The Labute approximate surface area is 211 Å². The first-order valence-corrected chi connectivity index (χ1v) is 12.8. The van der Waals surface area contributed by atoms with Gasteiger partial charge in [-0.1, -0.05) is 39.0 Å². The minimum Gasteiger partial charge on any atom is -0.355 e. The summed E-state index contributed by atoms with van der Waals surface area (Å²) in [5.41, 5.74) is 0.811. The van der Waals surface area contributed by atoms with Crippen LogP contribution < -0.4 is 9.80 Å². The highest BCUT2D eigenvalue weighted by Crippen LogP contribution is 2.32. The van der Waals surface area contributed by atoms with Crippen LogP contribution in [-0.4, -0.2) is 60.0 Å². The number of rotatable bonds is 6. The number of halogens is 3. The van der Waals surface area contributed by atoms with Crippen molar-refractivity contribution < 1.29 is 18.0 Å². The molecule has 2 aromatic rings. The predicted octanol–water partition coefficient (Wildman–Crippen LogP) is 5.06. The summed E-state index contributed by atoms with van der Waals surface area (Å²) in [6, 6.07) is 9.20. The number of alkyl halides is 3. The van der Waals surface area contributed by atoms with Gasteiger partial charge in [-0.25, -0.2) is 9.97 Å². The number of carbonyl (C=O) groups is 1. The number of aryl methyl sites for hydroxylation is 1. The Morgan fingerprint density at radius 1 is 0.917 bits per heavy atom. The molecular weight excluding hydrogens is 467 g/mol. The lowest BCUT2D eigenvalue weighted by molar-refractivity contribution is -0.141. The van der Waals surface area contributed by atoms with Crippen molar-refractivity contribution in [1.82, 2.24) is 14.9 Å². The number of carbonyl (C=O) groups excluding carboxylic acids is 1. The Balaban J connectivity index is 1.33. The largest absolute Gasteiger partial charge is 0.433 e. The molecule has 4 rings (SSSR count). The molecule has 9 heteroatoms. The molecule has 196 valence electrons. The highest BCUT2D eigenvalue weighted by atomic mass is 19.4. The molecule has 0 aliphatic carbocycles. The van der Waals surface area contributed by atoms with Gasteiger partial charge >= 0.3 is 6.18 Å². The Morgan fingerprint density at radius 2 is 1.67 bits per heavy atom. The van der Waals surface area contributed by atoms with Crippen molar-refractivity contribution in [2.24, 2.45) is 0 Å². The van der Waals surface area contributed by atoms with Gasteiger partial charge in [-0.05, 0) is 50.4 Å². The molecule has 36 heavy (non-hydrogen) atoms. The third-order valence-electron chi connectivity index (χ3n) is 6.88. The van der Waals surface area contributed by atoms with Crippen molar-refractivity contribution in [3.63, 3.8) is 0 Å². The number of nitrogens with zero attached hydrogens (tertiary/aromatic N) is 5. The summed E-state index contributed by atoms with van der Waals surface area (Å²) < 4.78 is 40.6. The van der Waals surface area contributed by atoms with Crippen LogP contribution >= 0.6 is 0 Å². The molecule has 0 N–H and O–H groups in total. The molecule has 0 saturated carbocycles. The van der Waals surface area contributed by atoms with Crippen LogP contribution in [0, 0.1) is 0 Å². The molecule has 1 aromatic heterocycles. The van der Waals surface area contributed by atoms with E-state index >= 15 is 0 Å². The van der Waals surface area contributed by atoms with Gasteiger partial charge in [0, 0.05) is 49.8 Å². The molecule has 2 aliphatic heterocycles. The second-order valence-corrected chi connectivity index (χ2v) is 10.7. The van der Waals surface area contributed by atoms with Crippen molar-refractivity contribution >= 4 is 17.4 Å². The number of amides is 1. The van der Waals surface area contributed by atoms with E-state index in [4.69, 9.17) is 0 Å². The number of hydrogen-bond acceptors (Lipinski definition) is 5. The maximum absolute atomic E-state index is 13.5. The lowest BCUT2D eigenvalue weighted by Gasteiger charge is -2.29. The maximum Gasteiger partial charge on any atom is 0.433 e. The number of benzene rings is 1. The zero-order valence-electron chi connectivity index (χ0n) is 21.4. The summed E-state index contributed by atoms with van der Waals surface area (Å²) in [4.78, 5) is 27.0. The van der Waals surface area contributed by atoms with E-state index < -0.39 is 17.3 Å². The molecule has 1 aromatic carbocycles. The van der Waals surface area contributed by atoms with Gasteiger partial charge in [-0.2, -0.15) is 13.2 Å². The van der Waals surface area contributed by atoms with Gasteiger partial charge in [-0.3, -0.25) is 4.79 Å². The summed E-state index contributed by atoms with van der Waals surface area (Å²) >= 11 is 0. The fourth-order valence-corrected chi connectivity index (χ4v) is 4.85. The van der Waals surface area contributed by atoms with Crippen LogP contribution in [0.15, 0.2) is 30.3 Å². The first kappa shape index (κ1) is 26.4. The van der Waals surface area contributed by atoms with E-state index in [1.165, 1.54) is 5.56 Å². The first-order chi connectivity index (χ1) is 17.0. The van der Waals surface area contributed by atoms with Crippen molar-refractivity contribution in [2.45, 2.75) is 64.5 Å². The van der Waals surface area contributed by atoms with Gasteiger partial charge < -0.3 is 14.7 Å². The van der Waals surface area contributed by atoms with Crippen molar-refractivity contribution in [2.75, 3.05) is 49.1 Å². The van der Waals surface area contributed by atoms with Crippen LogP contribution in [0.3, 0.4) is 0 Å². The highest BCUT2D eigenvalue weighted by Gasteiger charge is 2.35. The van der Waals surface area contributed by atoms with Crippen molar-refractivity contribution in [3.8, 4) is 0 Å². The second-order valence-electron chi connectivity index (χ2n) is 10.7. The summed E-state index contributed by atoms with van der Waals surface area (Å²) in [5.74, 6) is 0.755. The predicted molar refractivity (Wildman–Crippen MR) is 135 cm³/mol. The van der Waals surface area contributed by atoms with E-state index in [1.54, 1.807) is 0 Å². The number of fused-ring (bicyclic) bond motifs is 1. The van der Waals surface area contributed by atoms with E-state index in [9.17, 15) is 18.0 Å². The van der Waals surface area contributed by atoms with Gasteiger partial charge in [0.05, 0.1) is 0 Å². The summed E-state index contributed by atoms with van der Waals surface area (Å²) in [7, 11) is 0. The van der Waals surface area contributed by atoms with E-state index in [2.05, 4.69) is 20.9 Å². The van der Waals surface area contributed by atoms with Gasteiger partial charge in [0.25, 0.3) is 0 Å². The topological polar surface area (TPSA) is 52.6 Å². The summed E-state index contributed by atoms with van der Waals surface area (Å²) in [6.07, 6.45) is -0.402. The minimum absolute atomic E-state index is 0.191. The van der Waals surface area contributed by atoms with E-state index in [1.807, 2.05) is 48.8 Å². The highest BCUT2D eigenvalue weighted by molar-refractivity contribution is 5.96. The lowest BCUT2D eigenvalue weighted by Crippen LogP contribution is -2.36. The molecular formula is C27H36F3N5O. The van der Waals surface area contributed by atoms with E-state index in [0.717, 1.165) is 57.1 Å². The van der Waals surface area contributed by atoms with Crippen molar-refractivity contribution in [3.05, 3.63) is 47.4 Å². The Hall–Kier alpha value is -2.68. The molecule has 3 heterocycles. The number of para-hydroxylation sites is 1. The summed E-state index contributed by atoms with van der Waals surface area (Å²) in [6.45, 7) is 10.0. The van der Waals surface area contributed by atoms with Gasteiger partial charge in [-0.15, -0.1) is 0 Å². The van der Waals surface area contributed by atoms with Crippen LogP contribution in [0.5, 0.6) is 0 Å². The number of anilines is 2. The molecule has 0 spiro atoms. The Bertz CT molecular complexity index is 1030. The van der Waals surface area contributed by atoms with Crippen LogP contribution in [0.4, 0.5) is 24.7 Å². The van der Waals surface area contributed by atoms with Gasteiger partial charge in [0.15, 0.2) is 0 Å². The summed E-state index contributed by atoms with van der Waals surface area (Å²) in [5, 5.41) is 0. The minimum atomic E-state index is -4.51. The maximum atomic E-state index is 13.5. The quantitative estimate of drug-likeness (QED) is 0.516. The standard InChI is InChI=1S/C27H36F3N5O/c1-26(2,3)25-31-22(27(28,29)30)19-23(32-25)34-15-8-14-33(17-18-34)13-6-7-16-35-21-10-5-4-9-20(21)11-12-24(35)36/h4-5,9-10,19H,6-8,11-18H2,1-3H3. The molecule has 0 bridgehead atoms. The fourth-order valence-electron chi connectivity index (χ4n) is 4.85. The zero-order chi connectivity index (χ0) is 25.9. The van der Waals surface area contributed by atoms with Gasteiger partial charge in [0.2, 0.25) is 5.91 Å². The SMILES string of the molecule is CC(C)(C)c1nc(N2CCCN(CCCCN3C(=O)CCc4ccccc43)CC2)cc(C(F)(F)F)n1. The molecule has 2 aliphatic rings. The normalized spacial score (nSPS) is 17.8. The Kier molecular flexibility index (Phi) is 7.87. The monoisotopic (exact) mass is 503 g/mol. The second kappa shape index (κ2) is 10.7. The molecule has 1 fully saturated rings. The first-order valence-electron chi connectivity index (χ1n) is 12.8. The third-order valence-corrected chi connectivity index (χ3v) is 6.88. The Morgan fingerprint density at radius 3 is 2.42 bits per heavy atom. The molecule has 6 nitrogen and oxygen atoms in total. The van der Waals surface area contributed by atoms with E-state index in [-0.39, 0.29) is 11.7 Å². The molecule has 1 saturated heterocycles. The molecule has 0 atom stereocenters. The van der Waals surface area contributed by atoms with Crippen molar-refractivity contribution in [1.29, 1.82) is 0 Å². The van der Waals surface area contributed by atoms with Crippen LogP contribution in [0.2, 0.25) is 0 Å².